The molecule has 0 unspecified atom stereocenters. The molecule has 0 radical (unpaired) electrons. The third-order valence-electron chi connectivity index (χ3n) is 1.78. The second kappa shape index (κ2) is 4.35. The summed E-state index contributed by atoms with van der Waals surface area (Å²) in [4.78, 5) is 13.2. The summed E-state index contributed by atoms with van der Waals surface area (Å²) < 4.78 is 0. The number of aliphatic hydroxyl groups is 1. The summed E-state index contributed by atoms with van der Waals surface area (Å²) in [5.41, 5.74) is -0.935. The number of nitrogens with one attached hydrogen (secondary N) is 1. The number of tetrazole rings is 1. The van der Waals surface area contributed by atoms with Crippen LogP contribution in [0.15, 0.2) is 0 Å². The third kappa shape index (κ3) is 3.28. The Morgan fingerprint density at radius 1 is 1.60 bits per heavy atom. The highest BCUT2D eigenvalue weighted by atomic mass is 16.3. The van der Waals surface area contributed by atoms with Crippen molar-refractivity contribution in [2.75, 3.05) is 13.1 Å². The number of rotatable bonds is 4. The highest BCUT2D eigenvalue weighted by molar-refractivity contribution is 5.90. The minimum absolute atomic E-state index is 0.0149. The van der Waals surface area contributed by atoms with Crippen molar-refractivity contribution in [3.8, 4) is 0 Å². The van der Waals surface area contributed by atoms with E-state index in [1.165, 1.54) is 4.90 Å². The molecule has 0 bridgehead atoms. The van der Waals surface area contributed by atoms with Gasteiger partial charge in [-0.2, -0.15) is 5.21 Å². The molecule has 0 spiro atoms. The van der Waals surface area contributed by atoms with Crippen molar-refractivity contribution in [1.82, 2.24) is 25.5 Å². The lowest BCUT2D eigenvalue weighted by Crippen LogP contribution is -2.42. The fourth-order valence-corrected chi connectivity index (χ4v) is 1.19. The zero-order valence-electron chi connectivity index (χ0n) is 9.06. The van der Waals surface area contributed by atoms with Gasteiger partial charge in [0.05, 0.1) is 5.60 Å². The Morgan fingerprint density at radius 2 is 2.27 bits per heavy atom. The van der Waals surface area contributed by atoms with E-state index in [0.29, 0.717) is 6.54 Å². The van der Waals surface area contributed by atoms with Gasteiger partial charge in [-0.3, -0.25) is 4.79 Å². The van der Waals surface area contributed by atoms with Crippen LogP contribution >= 0.6 is 0 Å². The Hall–Kier alpha value is -1.50. The molecule has 0 fully saturated rings. The Labute approximate surface area is 87.5 Å². The molecule has 1 amide bonds. The summed E-state index contributed by atoms with van der Waals surface area (Å²) in [5.74, 6) is -0.325. The van der Waals surface area contributed by atoms with Crippen molar-refractivity contribution in [3.63, 3.8) is 0 Å². The van der Waals surface area contributed by atoms with Gasteiger partial charge in [0, 0.05) is 13.1 Å². The van der Waals surface area contributed by atoms with Crippen LogP contribution in [0, 0.1) is 0 Å². The van der Waals surface area contributed by atoms with Crippen LogP contribution in [0.25, 0.3) is 0 Å². The minimum atomic E-state index is -0.935. The van der Waals surface area contributed by atoms with Crippen molar-refractivity contribution >= 4 is 5.91 Å². The third-order valence-corrected chi connectivity index (χ3v) is 1.78. The Morgan fingerprint density at radius 3 is 2.67 bits per heavy atom. The lowest BCUT2D eigenvalue weighted by Gasteiger charge is -2.26. The number of aromatic nitrogens is 4. The van der Waals surface area contributed by atoms with Gasteiger partial charge in [0.25, 0.3) is 11.7 Å². The lowest BCUT2D eigenvalue weighted by atomic mass is 10.1. The maximum absolute atomic E-state index is 11.7. The van der Waals surface area contributed by atoms with Gasteiger partial charge in [-0.15, -0.1) is 10.2 Å². The topological polar surface area (TPSA) is 95.0 Å². The summed E-state index contributed by atoms with van der Waals surface area (Å²) in [6.07, 6.45) is 0. The average molecular weight is 213 g/mol. The molecule has 1 aromatic rings. The predicted molar refractivity (Wildman–Crippen MR) is 52.1 cm³/mol. The first-order valence-corrected chi connectivity index (χ1v) is 4.69. The average Bonchev–Trinajstić information content (AvgIpc) is 2.64. The molecule has 1 rings (SSSR count). The van der Waals surface area contributed by atoms with Crippen molar-refractivity contribution in [3.05, 3.63) is 5.82 Å². The summed E-state index contributed by atoms with van der Waals surface area (Å²) >= 11 is 0. The van der Waals surface area contributed by atoms with Crippen molar-refractivity contribution in [2.45, 2.75) is 26.4 Å². The maximum Gasteiger partial charge on any atom is 0.295 e. The van der Waals surface area contributed by atoms with E-state index in [9.17, 15) is 9.90 Å². The Bertz CT molecular complexity index is 316. The fraction of sp³-hybridized carbons (Fsp3) is 0.750. The zero-order valence-corrected chi connectivity index (χ0v) is 9.06. The van der Waals surface area contributed by atoms with Gasteiger partial charge < -0.3 is 10.0 Å². The van der Waals surface area contributed by atoms with Gasteiger partial charge in [0.1, 0.15) is 0 Å². The van der Waals surface area contributed by atoms with E-state index >= 15 is 0 Å². The summed E-state index contributed by atoms with van der Waals surface area (Å²) in [6.45, 7) is 5.82. The quantitative estimate of drug-likeness (QED) is 0.698. The molecule has 15 heavy (non-hydrogen) atoms. The summed E-state index contributed by atoms with van der Waals surface area (Å²) in [7, 11) is 0. The number of nitrogens with zero attached hydrogens (tertiary/aromatic N) is 4. The Balaban J connectivity index is 2.72. The maximum atomic E-state index is 11.7. The largest absolute Gasteiger partial charge is 0.389 e. The minimum Gasteiger partial charge on any atom is -0.389 e. The number of amides is 1. The molecular weight excluding hydrogens is 198 g/mol. The number of aromatic amines is 1. The SMILES string of the molecule is CCN(CC(C)(C)O)C(=O)c1nn[nH]n1. The monoisotopic (exact) mass is 213 g/mol. The molecule has 2 N–H and O–H groups in total. The van der Waals surface area contributed by atoms with Crippen LogP contribution in [0.2, 0.25) is 0 Å². The first kappa shape index (κ1) is 11.6. The second-order valence-electron chi connectivity index (χ2n) is 3.87. The van der Waals surface area contributed by atoms with E-state index in [4.69, 9.17) is 0 Å². The fourth-order valence-electron chi connectivity index (χ4n) is 1.19. The van der Waals surface area contributed by atoms with Crippen LogP contribution < -0.4 is 0 Å². The van der Waals surface area contributed by atoms with Gasteiger partial charge in [0.15, 0.2) is 0 Å². The van der Waals surface area contributed by atoms with E-state index in [-0.39, 0.29) is 18.3 Å². The molecule has 0 aliphatic carbocycles. The summed E-state index contributed by atoms with van der Waals surface area (Å²) in [5, 5.41) is 22.3. The van der Waals surface area contributed by atoms with Crippen LogP contribution in [0.5, 0.6) is 0 Å². The van der Waals surface area contributed by atoms with Crippen LogP contribution in [-0.4, -0.2) is 55.2 Å². The molecule has 84 valence electrons. The van der Waals surface area contributed by atoms with Crippen molar-refractivity contribution in [1.29, 1.82) is 0 Å². The first-order chi connectivity index (χ1) is 6.94. The molecule has 1 heterocycles. The van der Waals surface area contributed by atoms with Gasteiger partial charge >= 0.3 is 0 Å². The molecule has 7 nitrogen and oxygen atoms in total. The highest BCUT2D eigenvalue weighted by Crippen LogP contribution is 2.06. The van der Waals surface area contributed by atoms with E-state index in [1.807, 2.05) is 6.92 Å². The second-order valence-corrected chi connectivity index (χ2v) is 3.87. The number of carbonyl (C=O) groups is 1. The predicted octanol–water partition coefficient (Wildman–Crippen LogP) is -0.567. The number of H-pyrrole nitrogens is 1. The Kier molecular flexibility index (Phi) is 3.35. The normalized spacial score (nSPS) is 11.5. The molecule has 0 saturated carbocycles. The molecule has 7 heteroatoms. The van der Waals surface area contributed by atoms with Crippen LogP contribution in [0.3, 0.4) is 0 Å². The number of hydrogen-bond acceptors (Lipinski definition) is 5. The molecule has 1 aromatic heterocycles. The van der Waals surface area contributed by atoms with E-state index in [1.54, 1.807) is 13.8 Å². The van der Waals surface area contributed by atoms with Crippen LogP contribution in [-0.2, 0) is 0 Å². The molecule has 0 aromatic carbocycles. The van der Waals surface area contributed by atoms with Crippen molar-refractivity contribution < 1.29 is 9.90 Å². The van der Waals surface area contributed by atoms with E-state index in [2.05, 4.69) is 20.6 Å². The molecular formula is C8H15N5O2. The number of likely N-dealkylation sites (N-methyl/N-ethyl adjacent to an activating group) is 1. The van der Waals surface area contributed by atoms with Crippen LogP contribution in [0.1, 0.15) is 31.4 Å². The zero-order chi connectivity index (χ0) is 11.5. The highest BCUT2D eigenvalue weighted by Gasteiger charge is 2.24. The van der Waals surface area contributed by atoms with Gasteiger partial charge in [-0.05, 0) is 26.0 Å². The van der Waals surface area contributed by atoms with Crippen LogP contribution in [0.4, 0.5) is 0 Å². The number of hydrogen-bond donors (Lipinski definition) is 2. The van der Waals surface area contributed by atoms with Gasteiger partial charge in [0.2, 0.25) is 0 Å². The molecule has 0 aliphatic rings. The van der Waals surface area contributed by atoms with Gasteiger partial charge in [-0.25, -0.2) is 0 Å². The lowest BCUT2D eigenvalue weighted by molar-refractivity contribution is 0.0308. The van der Waals surface area contributed by atoms with Crippen molar-refractivity contribution in [2.24, 2.45) is 0 Å². The first-order valence-electron chi connectivity index (χ1n) is 4.69. The van der Waals surface area contributed by atoms with Gasteiger partial charge in [-0.1, -0.05) is 0 Å². The molecule has 0 aliphatic heterocycles. The van der Waals surface area contributed by atoms with E-state index in [0.717, 1.165) is 0 Å². The molecule has 0 saturated heterocycles. The van der Waals surface area contributed by atoms with E-state index < -0.39 is 5.60 Å². The molecule has 0 atom stereocenters. The standard InChI is InChI=1S/C8H15N5O2/c1-4-13(5-8(2,3)15)7(14)6-9-11-12-10-6/h15H,4-5H2,1-3H3,(H,9,10,11,12). The number of carbonyl (C=O) groups excluding carboxylic acids is 1. The summed E-state index contributed by atoms with van der Waals surface area (Å²) in [6, 6.07) is 0. The smallest absolute Gasteiger partial charge is 0.295 e.